The van der Waals surface area contributed by atoms with Gasteiger partial charge in [0.25, 0.3) is 0 Å². The maximum atomic E-state index is 12.4. The zero-order chi connectivity index (χ0) is 14.0. The van der Waals surface area contributed by atoms with Gasteiger partial charge in [-0.2, -0.15) is 0 Å². The van der Waals surface area contributed by atoms with Gasteiger partial charge in [-0.3, -0.25) is 14.5 Å². The number of carbonyl (C=O) groups excluding carboxylic acids is 3. The molecule has 0 radical (unpaired) electrons. The minimum Gasteiger partial charge on any atom is -0.469 e. The van der Waals surface area contributed by atoms with E-state index in [9.17, 15) is 14.4 Å². The average molecular weight is 269 g/mol. The van der Waals surface area contributed by atoms with Gasteiger partial charge in [0, 0.05) is 13.0 Å². The minimum absolute atomic E-state index is 0.190. The summed E-state index contributed by atoms with van der Waals surface area (Å²) in [6.07, 6.45) is 1.54. The predicted molar refractivity (Wildman–Crippen MR) is 65.3 cm³/mol. The van der Waals surface area contributed by atoms with Crippen LogP contribution in [0.1, 0.15) is 26.2 Å². The lowest BCUT2D eigenvalue weighted by atomic mass is 9.75. The monoisotopic (exact) mass is 269 g/mol. The van der Waals surface area contributed by atoms with Crippen LogP contribution >= 0.6 is 0 Å². The molecule has 6 nitrogen and oxygen atoms in total. The molecule has 2 atom stereocenters. The van der Waals surface area contributed by atoms with Gasteiger partial charge in [-0.1, -0.05) is 0 Å². The molecule has 2 aliphatic heterocycles. The van der Waals surface area contributed by atoms with Gasteiger partial charge in [0.05, 0.1) is 19.6 Å². The highest BCUT2D eigenvalue weighted by Gasteiger charge is 2.64. The highest BCUT2D eigenvalue weighted by molar-refractivity contribution is 6.13. The van der Waals surface area contributed by atoms with Crippen molar-refractivity contribution in [3.8, 4) is 0 Å². The molecule has 0 unspecified atom stereocenters. The Kier molecular flexibility index (Phi) is 3.89. The summed E-state index contributed by atoms with van der Waals surface area (Å²) in [5.74, 6) is -2.08. The number of esters is 2. The summed E-state index contributed by atoms with van der Waals surface area (Å²) in [5.41, 5.74) is -1.44. The number of nitrogens with zero attached hydrogens (tertiary/aromatic N) is 1. The van der Waals surface area contributed by atoms with Crippen molar-refractivity contribution < 1.29 is 23.9 Å². The second kappa shape index (κ2) is 5.28. The van der Waals surface area contributed by atoms with Gasteiger partial charge in [0.2, 0.25) is 0 Å². The van der Waals surface area contributed by atoms with E-state index >= 15 is 0 Å². The summed E-state index contributed by atoms with van der Waals surface area (Å²) in [5, 5.41) is 0. The van der Waals surface area contributed by atoms with E-state index in [0.717, 1.165) is 6.42 Å². The smallest absolute Gasteiger partial charge is 0.335 e. The molecule has 2 heterocycles. The number of fused-ring (bicyclic) bond motifs is 1. The molecule has 106 valence electrons. The summed E-state index contributed by atoms with van der Waals surface area (Å²) in [6, 6.07) is 0. The number of rotatable bonds is 3. The number of hydrogen-bond acceptors (Lipinski definition) is 6. The van der Waals surface area contributed by atoms with Crippen molar-refractivity contribution >= 4 is 17.7 Å². The molecular formula is C13H19NO5. The molecule has 2 aliphatic rings. The summed E-state index contributed by atoms with van der Waals surface area (Å²) in [7, 11) is 1.28. The molecule has 2 saturated heterocycles. The number of carbonyl (C=O) groups is 3. The van der Waals surface area contributed by atoms with Gasteiger partial charge in [-0.15, -0.1) is 0 Å². The van der Waals surface area contributed by atoms with Gasteiger partial charge in [-0.25, -0.2) is 4.79 Å². The Labute approximate surface area is 112 Å². The topological polar surface area (TPSA) is 72.9 Å². The summed E-state index contributed by atoms with van der Waals surface area (Å²) in [4.78, 5) is 38.4. The fourth-order valence-corrected chi connectivity index (χ4v) is 3.23. The van der Waals surface area contributed by atoms with E-state index in [0.29, 0.717) is 19.5 Å². The Morgan fingerprint density at radius 1 is 1.42 bits per heavy atom. The fraction of sp³-hybridized carbons (Fsp3) is 0.769. The Balaban J connectivity index is 2.44. The normalized spacial score (nSPS) is 30.8. The molecule has 2 fully saturated rings. The SMILES string of the molecule is CCOC(=O)[C@@]12C(=O)CCN1CCC[C@H]2C(=O)OC. The standard InChI is InChI=1S/C13H19NO5/c1-3-19-12(17)13-9(11(16)18-2)5-4-7-14(13)8-6-10(13)15/h9H,3-8H2,1-2H3/t9-,13+/m0/s1. The predicted octanol–water partition coefficient (Wildman–Crippen LogP) is 0.146. The molecule has 6 heteroatoms. The van der Waals surface area contributed by atoms with Gasteiger partial charge in [0.1, 0.15) is 0 Å². The number of piperidine rings is 1. The van der Waals surface area contributed by atoms with E-state index in [-0.39, 0.29) is 18.8 Å². The van der Waals surface area contributed by atoms with E-state index in [1.807, 2.05) is 0 Å². The molecule has 0 aromatic carbocycles. The summed E-state index contributed by atoms with van der Waals surface area (Å²) < 4.78 is 9.85. The number of methoxy groups -OCH3 is 1. The van der Waals surface area contributed by atoms with Gasteiger partial charge < -0.3 is 9.47 Å². The second-order valence-electron chi connectivity index (χ2n) is 4.87. The first-order valence-electron chi connectivity index (χ1n) is 6.62. The zero-order valence-corrected chi connectivity index (χ0v) is 11.3. The first-order valence-corrected chi connectivity index (χ1v) is 6.62. The van der Waals surface area contributed by atoms with Crippen molar-refractivity contribution in [2.75, 3.05) is 26.8 Å². The van der Waals surface area contributed by atoms with Crippen molar-refractivity contribution in [2.24, 2.45) is 5.92 Å². The maximum absolute atomic E-state index is 12.4. The van der Waals surface area contributed by atoms with Crippen molar-refractivity contribution in [1.29, 1.82) is 0 Å². The van der Waals surface area contributed by atoms with E-state index in [1.165, 1.54) is 7.11 Å². The van der Waals surface area contributed by atoms with Crippen LogP contribution in [0.3, 0.4) is 0 Å². The lowest BCUT2D eigenvalue weighted by molar-refractivity contribution is -0.175. The second-order valence-corrected chi connectivity index (χ2v) is 4.87. The maximum Gasteiger partial charge on any atom is 0.335 e. The molecule has 0 amide bonds. The van der Waals surface area contributed by atoms with E-state index in [1.54, 1.807) is 11.8 Å². The molecule has 0 aromatic rings. The Bertz CT molecular complexity index is 408. The van der Waals surface area contributed by atoms with Crippen molar-refractivity contribution in [2.45, 2.75) is 31.7 Å². The molecule has 0 aromatic heterocycles. The quantitative estimate of drug-likeness (QED) is 0.536. The van der Waals surface area contributed by atoms with Crippen LogP contribution in [0.2, 0.25) is 0 Å². The molecule has 0 aliphatic carbocycles. The molecule has 0 saturated carbocycles. The van der Waals surface area contributed by atoms with Gasteiger partial charge in [-0.05, 0) is 26.3 Å². The van der Waals surface area contributed by atoms with Crippen LogP contribution in [0, 0.1) is 5.92 Å². The van der Waals surface area contributed by atoms with Crippen LogP contribution in [-0.4, -0.2) is 55.0 Å². The van der Waals surface area contributed by atoms with Crippen molar-refractivity contribution in [3.05, 3.63) is 0 Å². The van der Waals surface area contributed by atoms with Crippen LogP contribution in [0.4, 0.5) is 0 Å². The Hall–Kier alpha value is -1.43. The number of ether oxygens (including phenoxy) is 2. The summed E-state index contributed by atoms with van der Waals surface area (Å²) >= 11 is 0. The molecule has 19 heavy (non-hydrogen) atoms. The average Bonchev–Trinajstić information content (AvgIpc) is 2.76. The van der Waals surface area contributed by atoms with Crippen molar-refractivity contribution in [3.63, 3.8) is 0 Å². The van der Waals surface area contributed by atoms with E-state index in [4.69, 9.17) is 9.47 Å². The third kappa shape index (κ3) is 1.94. The van der Waals surface area contributed by atoms with Crippen LogP contribution in [0.25, 0.3) is 0 Å². The summed E-state index contributed by atoms with van der Waals surface area (Å²) in [6.45, 7) is 3.02. The Morgan fingerprint density at radius 2 is 2.16 bits per heavy atom. The number of ketones is 1. The van der Waals surface area contributed by atoms with Crippen LogP contribution in [-0.2, 0) is 23.9 Å². The largest absolute Gasteiger partial charge is 0.469 e. The highest BCUT2D eigenvalue weighted by Crippen LogP contribution is 2.41. The third-order valence-electron chi connectivity index (χ3n) is 4.03. The lowest BCUT2D eigenvalue weighted by Crippen LogP contribution is -2.65. The van der Waals surface area contributed by atoms with Gasteiger partial charge in [0.15, 0.2) is 11.3 Å². The molecule has 0 bridgehead atoms. The molecule has 2 rings (SSSR count). The number of Topliss-reactive ketones (excluding diaryl/α,β-unsaturated/α-hetero) is 1. The van der Waals surface area contributed by atoms with Crippen LogP contribution in [0.5, 0.6) is 0 Å². The molecular weight excluding hydrogens is 250 g/mol. The van der Waals surface area contributed by atoms with Gasteiger partial charge >= 0.3 is 11.9 Å². The lowest BCUT2D eigenvalue weighted by Gasteiger charge is -2.42. The minimum atomic E-state index is -1.44. The number of hydrogen-bond donors (Lipinski definition) is 0. The first-order chi connectivity index (χ1) is 9.08. The zero-order valence-electron chi connectivity index (χ0n) is 11.3. The van der Waals surface area contributed by atoms with E-state index in [2.05, 4.69) is 0 Å². The fourth-order valence-electron chi connectivity index (χ4n) is 3.23. The highest BCUT2D eigenvalue weighted by atomic mass is 16.5. The Morgan fingerprint density at radius 3 is 2.79 bits per heavy atom. The van der Waals surface area contributed by atoms with E-state index < -0.39 is 23.4 Å². The first kappa shape index (κ1) is 14.0. The molecule has 0 spiro atoms. The third-order valence-corrected chi connectivity index (χ3v) is 4.03. The molecule has 0 N–H and O–H groups in total. The van der Waals surface area contributed by atoms with Crippen LogP contribution < -0.4 is 0 Å². The van der Waals surface area contributed by atoms with Crippen molar-refractivity contribution in [1.82, 2.24) is 4.90 Å². The van der Waals surface area contributed by atoms with Crippen LogP contribution in [0.15, 0.2) is 0 Å².